The van der Waals surface area contributed by atoms with Gasteiger partial charge in [-0.05, 0) is 31.2 Å². The first-order chi connectivity index (χ1) is 7.56. The van der Waals surface area contributed by atoms with Gasteiger partial charge in [-0.15, -0.1) is 0 Å². The van der Waals surface area contributed by atoms with Crippen LogP contribution in [-0.4, -0.2) is 37.5 Å². The lowest BCUT2D eigenvalue weighted by molar-refractivity contribution is 0.0526. The molecule has 0 aliphatic heterocycles. The van der Waals surface area contributed by atoms with Crippen LogP contribution in [0, 0.1) is 0 Å². The van der Waals surface area contributed by atoms with Gasteiger partial charge < -0.3 is 9.64 Å². The average Bonchev–Trinajstić information content (AvgIpc) is 2.28. The molecule has 4 heteroatoms. The molecule has 0 atom stereocenters. The van der Waals surface area contributed by atoms with Crippen LogP contribution in [0.3, 0.4) is 0 Å². The number of carbonyl (C=O) groups is 2. The first kappa shape index (κ1) is 12.2. The maximum absolute atomic E-state index is 11.6. The van der Waals surface area contributed by atoms with Gasteiger partial charge in [0.2, 0.25) is 0 Å². The lowest BCUT2D eigenvalue weighted by Crippen LogP contribution is -2.21. The van der Waals surface area contributed by atoms with E-state index in [2.05, 4.69) is 0 Å². The van der Waals surface area contributed by atoms with Gasteiger partial charge in [-0.1, -0.05) is 0 Å². The molecular formula is C12H15NO3. The Morgan fingerprint density at radius 3 is 2.06 bits per heavy atom. The molecule has 1 rings (SSSR count). The van der Waals surface area contributed by atoms with Crippen molar-refractivity contribution in [2.45, 2.75) is 6.92 Å². The van der Waals surface area contributed by atoms with Crippen molar-refractivity contribution in [2.24, 2.45) is 0 Å². The fraction of sp³-hybridized carbons (Fsp3) is 0.333. The zero-order valence-corrected chi connectivity index (χ0v) is 9.69. The molecule has 86 valence electrons. The van der Waals surface area contributed by atoms with Gasteiger partial charge in [0.25, 0.3) is 5.91 Å². The highest BCUT2D eigenvalue weighted by atomic mass is 16.5. The molecule has 0 N–H and O–H groups in total. The minimum absolute atomic E-state index is 0.0876. The fourth-order valence-corrected chi connectivity index (χ4v) is 1.22. The third kappa shape index (κ3) is 2.82. The summed E-state index contributed by atoms with van der Waals surface area (Å²) in [6, 6.07) is 6.42. The van der Waals surface area contributed by atoms with E-state index < -0.39 is 0 Å². The largest absolute Gasteiger partial charge is 0.462 e. The summed E-state index contributed by atoms with van der Waals surface area (Å²) < 4.78 is 4.84. The summed E-state index contributed by atoms with van der Waals surface area (Å²) in [4.78, 5) is 24.4. The van der Waals surface area contributed by atoms with Gasteiger partial charge in [0, 0.05) is 19.7 Å². The Balaban J connectivity index is 2.83. The number of nitrogens with zero attached hydrogens (tertiary/aromatic N) is 1. The van der Waals surface area contributed by atoms with Crippen molar-refractivity contribution < 1.29 is 14.3 Å². The predicted molar refractivity (Wildman–Crippen MR) is 60.4 cm³/mol. The third-order valence-corrected chi connectivity index (χ3v) is 2.05. The van der Waals surface area contributed by atoms with Gasteiger partial charge in [0.05, 0.1) is 12.2 Å². The van der Waals surface area contributed by atoms with Crippen molar-refractivity contribution in [3.8, 4) is 0 Å². The summed E-state index contributed by atoms with van der Waals surface area (Å²) in [5, 5.41) is 0. The SMILES string of the molecule is CCOC(=O)c1ccc(C(=O)N(C)C)cc1. The van der Waals surface area contributed by atoms with E-state index >= 15 is 0 Å². The molecule has 0 unspecified atom stereocenters. The number of benzene rings is 1. The minimum Gasteiger partial charge on any atom is -0.462 e. The predicted octanol–water partition coefficient (Wildman–Crippen LogP) is 1.57. The number of carbonyl (C=O) groups excluding carboxylic acids is 2. The van der Waals surface area contributed by atoms with Gasteiger partial charge in [-0.25, -0.2) is 4.79 Å². The Morgan fingerprint density at radius 2 is 1.62 bits per heavy atom. The highest BCUT2D eigenvalue weighted by Gasteiger charge is 2.10. The Morgan fingerprint density at radius 1 is 1.12 bits per heavy atom. The van der Waals surface area contributed by atoms with Crippen LogP contribution in [0.25, 0.3) is 0 Å². The van der Waals surface area contributed by atoms with Crippen LogP contribution >= 0.6 is 0 Å². The Bertz CT molecular complexity index is 382. The Labute approximate surface area is 94.8 Å². The van der Waals surface area contributed by atoms with Crippen molar-refractivity contribution in [2.75, 3.05) is 20.7 Å². The second-order valence-corrected chi connectivity index (χ2v) is 3.50. The molecule has 4 nitrogen and oxygen atoms in total. The molecule has 0 saturated heterocycles. The first-order valence-corrected chi connectivity index (χ1v) is 5.05. The number of esters is 1. The minimum atomic E-state index is -0.369. The molecular weight excluding hydrogens is 206 g/mol. The van der Waals surface area contributed by atoms with Crippen LogP contribution in [0.2, 0.25) is 0 Å². The second-order valence-electron chi connectivity index (χ2n) is 3.50. The van der Waals surface area contributed by atoms with E-state index in [0.717, 1.165) is 0 Å². The molecule has 0 aliphatic carbocycles. The van der Waals surface area contributed by atoms with E-state index in [9.17, 15) is 9.59 Å². The fourth-order valence-electron chi connectivity index (χ4n) is 1.22. The summed E-state index contributed by atoms with van der Waals surface area (Å²) >= 11 is 0. The lowest BCUT2D eigenvalue weighted by Gasteiger charge is -2.10. The molecule has 1 aromatic carbocycles. The van der Waals surface area contributed by atoms with Gasteiger partial charge in [0.15, 0.2) is 0 Å². The molecule has 0 aliphatic rings. The quantitative estimate of drug-likeness (QED) is 0.728. The van der Waals surface area contributed by atoms with E-state index in [4.69, 9.17) is 4.74 Å². The smallest absolute Gasteiger partial charge is 0.338 e. The summed E-state index contributed by atoms with van der Waals surface area (Å²) in [6.07, 6.45) is 0. The number of hydrogen-bond donors (Lipinski definition) is 0. The molecule has 0 aromatic heterocycles. The van der Waals surface area contributed by atoms with Crippen LogP contribution in [-0.2, 0) is 4.74 Å². The van der Waals surface area contributed by atoms with Gasteiger partial charge in [-0.2, -0.15) is 0 Å². The van der Waals surface area contributed by atoms with E-state index in [1.165, 1.54) is 4.90 Å². The molecule has 0 bridgehead atoms. The first-order valence-electron chi connectivity index (χ1n) is 5.05. The van der Waals surface area contributed by atoms with Gasteiger partial charge >= 0.3 is 5.97 Å². The van der Waals surface area contributed by atoms with Crippen LogP contribution < -0.4 is 0 Å². The van der Waals surface area contributed by atoms with Crippen molar-refractivity contribution in [1.29, 1.82) is 0 Å². The van der Waals surface area contributed by atoms with Crippen LogP contribution in [0.1, 0.15) is 27.6 Å². The monoisotopic (exact) mass is 221 g/mol. The summed E-state index contributed by atoms with van der Waals surface area (Å²) in [6.45, 7) is 2.10. The lowest BCUT2D eigenvalue weighted by atomic mass is 10.1. The summed E-state index contributed by atoms with van der Waals surface area (Å²) in [5.74, 6) is -0.457. The van der Waals surface area contributed by atoms with Crippen LogP contribution in [0.15, 0.2) is 24.3 Å². The van der Waals surface area contributed by atoms with E-state index in [0.29, 0.717) is 17.7 Å². The zero-order chi connectivity index (χ0) is 12.1. The third-order valence-electron chi connectivity index (χ3n) is 2.05. The molecule has 1 amide bonds. The number of amides is 1. The molecule has 0 spiro atoms. The molecule has 0 fully saturated rings. The van der Waals surface area contributed by atoms with Gasteiger partial charge in [0.1, 0.15) is 0 Å². The summed E-state index contributed by atoms with van der Waals surface area (Å²) in [5.41, 5.74) is 1.01. The second kappa shape index (κ2) is 5.30. The molecule has 1 aromatic rings. The van der Waals surface area contributed by atoms with Crippen molar-refractivity contribution in [3.63, 3.8) is 0 Å². The van der Waals surface area contributed by atoms with E-state index in [1.807, 2.05) is 0 Å². The number of hydrogen-bond acceptors (Lipinski definition) is 3. The zero-order valence-electron chi connectivity index (χ0n) is 9.69. The van der Waals surface area contributed by atoms with E-state index in [-0.39, 0.29) is 11.9 Å². The number of rotatable bonds is 3. The van der Waals surface area contributed by atoms with Crippen molar-refractivity contribution in [3.05, 3.63) is 35.4 Å². The normalized spacial score (nSPS) is 9.69. The molecule has 16 heavy (non-hydrogen) atoms. The van der Waals surface area contributed by atoms with Crippen LogP contribution in [0.5, 0.6) is 0 Å². The molecule has 0 heterocycles. The topological polar surface area (TPSA) is 46.6 Å². The maximum Gasteiger partial charge on any atom is 0.338 e. The summed E-state index contributed by atoms with van der Waals surface area (Å²) in [7, 11) is 3.36. The standard InChI is InChI=1S/C12H15NO3/c1-4-16-12(15)10-7-5-9(6-8-10)11(14)13(2)3/h5-8H,4H2,1-3H3. The maximum atomic E-state index is 11.6. The van der Waals surface area contributed by atoms with Crippen molar-refractivity contribution in [1.82, 2.24) is 4.90 Å². The average molecular weight is 221 g/mol. The highest BCUT2D eigenvalue weighted by molar-refractivity contribution is 5.95. The number of ether oxygens (including phenoxy) is 1. The Kier molecular flexibility index (Phi) is 4.05. The molecule has 0 saturated carbocycles. The van der Waals surface area contributed by atoms with Gasteiger partial charge in [-0.3, -0.25) is 4.79 Å². The van der Waals surface area contributed by atoms with Crippen molar-refractivity contribution >= 4 is 11.9 Å². The molecule has 0 radical (unpaired) electrons. The Hall–Kier alpha value is -1.84. The highest BCUT2D eigenvalue weighted by Crippen LogP contribution is 2.07. The van der Waals surface area contributed by atoms with Crippen LogP contribution in [0.4, 0.5) is 0 Å². The van der Waals surface area contributed by atoms with E-state index in [1.54, 1.807) is 45.3 Å².